The summed E-state index contributed by atoms with van der Waals surface area (Å²) in [6.07, 6.45) is -0.865. The van der Waals surface area contributed by atoms with Crippen molar-refractivity contribution in [3.8, 4) is 11.3 Å². The van der Waals surface area contributed by atoms with E-state index >= 15 is 0 Å². The third-order valence-corrected chi connectivity index (χ3v) is 2.45. The lowest BCUT2D eigenvalue weighted by molar-refractivity contribution is -0.150. The van der Waals surface area contributed by atoms with Crippen LogP contribution in [0.3, 0.4) is 0 Å². The number of hydrogen-bond acceptors (Lipinski definition) is 4. The van der Waals surface area contributed by atoms with Crippen LogP contribution in [0.15, 0.2) is 40.9 Å². The average Bonchev–Trinajstić information content (AvgIpc) is 2.85. The Kier molecular flexibility index (Phi) is 3.74. The summed E-state index contributed by atoms with van der Waals surface area (Å²) < 4.78 is 10.2. The van der Waals surface area contributed by atoms with Crippen molar-refractivity contribution in [2.24, 2.45) is 0 Å². The Labute approximate surface area is 104 Å². The summed E-state index contributed by atoms with van der Waals surface area (Å²) in [5, 5.41) is 12.6. The first-order valence-corrected chi connectivity index (χ1v) is 5.52. The lowest BCUT2D eigenvalue weighted by Gasteiger charge is -2.04. The van der Waals surface area contributed by atoms with Gasteiger partial charge in [0.2, 0.25) is 0 Å². The summed E-state index contributed by atoms with van der Waals surface area (Å²) in [7, 11) is 0. The molecule has 2 rings (SSSR count). The highest BCUT2D eigenvalue weighted by Crippen LogP contribution is 2.19. The lowest BCUT2D eigenvalue weighted by atomic mass is 10.1. The fraction of sp³-hybridized carbons (Fsp3) is 0.231. The molecule has 0 bridgehead atoms. The standard InChI is InChI=1S/C13H13NO4/c1-9(13(15)16)17-8-11-7-12(14-18-11)10-5-3-2-4-6-10/h2-7,9H,8H2,1H3,(H,15,16)/t9-/m0/s1. The Morgan fingerprint density at radius 1 is 1.44 bits per heavy atom. The number of rotatable bonds is 5. The second kappa shape index (κ2) is 5.46. The van der Waals surface area contributed by atoms with Crippen molar-refractivity contribution in [2.45, 2.75) is 19.6 Å². The number of carboxylic acids is 1. The molecular formula is C13H13NO4. The van der Waals surface area contributed by atoms with Crippen LogP contribution < -0.4 is 0 Å². The Balaban J connectivity index is 2.01. The zero-order valence-corrected chi connectivity index (χ0v) is 9.87. The number of aromatic nitrogens is 1. The lowest BCUT2D eigenvalue weighted by Crippen LogP contribution is -2.19. The number of carbonyl (C=O) groups is 1. The minimum absolute atomic E-state index is 0.0906. The van der Waals surface area contributed by atoms with Crippen molar-refractivity contribution in [3.63, 3.8) is 0 Å². The van der Waals surface area contributed by atoms with E-state index in [0.29, 0.717) is 11.5 Å². The summed E-state index contributed by atoms with van der Waals surface area (Å²) in [4.78, 5) is 10.6. The van der Waals surface area contributed by atoms with Crippen LogP contribution >= 0.6 is 0 Å². The normalized spacial score (nSPS) is 12.3. The van der Waals surface area contributed by atoms with Crippen molar-refractivity contribution < 1.29 is 19.2 Å². The van der Waals surface area contributed by atoms with Gasteiger partial charge in [-0.2, -0.15) is 0 Å². The van der Waals surface area contributed by atoms with Gasteiger partial charge in [-0.15, -0.1) is 0 Å². The number of aliphatic carboxylic acids is 1. The quantitative estimate of drug-likeness (QED) is 0.877. The molecule has 0 saturated carbocycles. The van der Waals surface area contributed by atoms with Crippen molar-refractivity contribution in [1.29, 1.82) is 0 Å². The van der Waals surface area contributed by atoms with Gasteiger partial charge in [0.1, 0.15) is 12.3 Å². The molecule has 0 radical (unpaired) electrons. The van der Waals surface area contributed by atoms with Gasteiger partial charge in [-0.05, 0) is 6.92 Å². The summed E-state index contributed by atoms with van der Waals surface area (Å²) in [5.41, 5.74) is 1.65. The largest absolute Gasteiger partial charge is 0.479 e. The molecule has 1 aromatic carbocycles. The third kappa shape index (κ3) is 2.95. The predicted molar refractivity (Wildman–Crippen MR) is 63.8 cm³/mol. The fourth-order valence-electron chi connectivity index (χ4n) is 1.40. The molecule has 18 heavy (non-hydrogen) atoms. The molecule has 0 amide bonds. The highest BCUT2D eigenvalue weighted by Gasteiger charge is 2.13. The smallest absolute Gasteiger partial charge is 0.332 e. The number of ether oxygens (including phenoxy) is 1. The number of hydrogen-bond donors (Lipinski definition) is 1. The number of benzene rings is 1. The Morgan fingerprint density at radius 2 is 2.17 bits per heavy atom. The second-order valence-corrected chi connectivity index (χ2v) is 3.84. The number of carboxylic acid groups (broad SMARTS) is 1. The van der Waals surface area contributed by atoms with Crippen molar-refractivity contribution >= 4 is 5.97 Å². The number of nitrogens with zero attached hydrogens (tertiary/aromatic N) is 1. The Bertz CT molecular complexity index is 521. The van der Waals surface area contributed by atoms with E-state index in [1.807, 2.05) is 30.3 Å². The Hall–Kier alpha value is -2.14. The minimum atomic E-state index is -1.00. The van der Waals surface area contributed by atoms with Crippen LogP contribution in [0, 0.1) is 0 Å². The van der Waals surface area contributed by atoms with Gasteiger partial charge in [0.25, 0.3) is 0 Å². The van der Waals surface area contributed by atoms with Gasteiger partial charge in [-0.25, -0.2) is 4.79 Å². The van der Waals surface area contributed by atoms with Gasteiger partial charge in [0, 0.05) is 11.6 Å². The molecule has 0 fully saturated rings. The maximum Gasteiger partial charge on any atom is 0.332 e. The van der Waals surface area contributed by atoms with E-state index in [1.165, 1.54) is 6.92 Å². The van der Waals surface area contributed by atoms with Gasteiger partial charge < -0.3 is 14.4 Å². The molecule has 0 aliphatic rings. The van der Waals surface area contributed by atoms with Crippen LogP contribution in [-0.4, -0.2) is 22.3 Å². The van der Waals surface area contributed by atoms with Crippen molar-refractivity contribution in [2.75, 3.05) is 0 Å². The van der Waals surface area contributed by atoms with E-state index in [2.05, 4.69) is 5.16 Å². The fourth-order valence-corrected chi connectivity index (χ4v) is 1.40. The maximum absolute atomic E-state index is 10.6. The van der Waals surface area contributed by atoms with E-state index in [-0.39, 0.29) is 6.61 Å². The van der Waals surface area contributed by atoms with Crippen LogP contribution in [0.25, 0.3) is 11.3 Å². The van der Waals surface area contributed by atoms with Crippen LogP contribution in [0.1, 0.15) is 12.7 Å². The molecule has 5 nitrogen and oxygen atoms in total. The zero-order chi connectivity index (χ0) is 13.0. The van der Waals surface area contributed by atoms with Gasteiger partial charge in [0.05, 0.1) is 0 Å². The van der Waals surface area contributed by atoms with Gasteiger partial charge in [-0.3, -0.25) is 0 Å². The highest BCUT2D eigenvalue weighted by atomic mass is 16.5. The molecular weight excluding hydrogens is 234 g/mol. The van der Waals surface area contributed by atoms with Crippen LogP contribution in [0.5, 0.6) is 0 Å². The summed E-state index contributed by atoms with van der Waals surface area (Å²) in [5.74, 6) is -0.500. The topological polar surface area (TPSA) is 72.6 Å². The van der Waals surface area contributed by atoms with Crippen molar-refractivity contribution in [3.05, 3.63) is 42.2 Å². The molecule has 1 atom stereocenters. The summed E-state index contributed by atoms with van der Waals surface area (Å²) >= 11 is 0. The van der Waals surface area contributed by atoms with Crippen LogP contribution in [0.2, 0.25) is 0 Å². The highest BCUT2D eigenvalue weighted by molar-refractivity contribution is 5.71. The molecule has 2 aromatic rings. The summed E-state index contributed by atoms with van der Waals surface area (Å²) in [6, 6.07) is 11.3. The van der Waals surface area contributed by atoms with Crippen LogP contribution in [0.4, 0.5) is 0 Å². The molecule has 0 saturated heterocycles. The van der Waals surface area contributed by atoms with E-state index in [1.54, 1.807) is 6.07 Å². The average molecular weight is 247 g/mol. The van der Waals surface area contributed by atoms with E-state index in [4.69, 9.17) is 14.4 Å². The molecule has 0 spiro atoms. The van der Waals surface area contributed by atoms with Gasteiger partial charge in [-0.1, -0.05) is 35.5 Å². The maximum atomic E-state index is 10.6. The molecule has 1 aromatic heterocycles. The van der Waals surface area contributed by atoms with Gasteiger partial charge in [0.15, 0.2) is 11.9 Å². The second-order valence-electron chi connectivity index (χ2n) is 3.84. The molecule has 0 unspecified atom stereocenters. The molecule has 0 aliphatic heterocycles. The summed E-state index contributed by atoms with van der Waals surface area (Å²) in [6.45, 7) is 1.56. The van der Waals surface area contributed by atoms with E-state index in [0.717, 1.165) is 5.56 Å². The first-order chi connectivity index (χ1) is 8.66. The first kappa shape index (κ1) is 12.3. The molecule has 94 valence electrons. The van der Waals surface area contributed by atoms with E-state index < -0.39 is 12.1 Å². The molecule has 1 N–H and O–H groups in total. The third-order valence-electron chi connectivity index (χ3n) is 2.45. The first-order valence-electron chi connectivity index (χ1n) is 5.52. The van der Waals surface area contributed by atoms with E-state index in [9.17, 15) is 4.79 Å². The zero-order valence-electron chi connectivity index (χ0n) is 9.87. The van der Waals surface area contributed by atoms with Crippen molar-refractivity contribution in [1.82, 2.24) is 5.16 Å². The molecule has 0 aliphatic carbocycles. The van der Waals surface area contributed by atoms with Gasteiger partial charge >= 0.3 is 5.97 Å². The Morgan fingerprint density at radius 3 is 2.83 bits per heavy atom. The predicted octanol–water partition coefficient (Wildman–Crippen LogP) is 2.33. The molecule has 5 heteroatoms. The van der Waals surface area contributed by atoms with Crippen LogP contribution in [-0.2, 0) is 16.1 Å². The SMILES string of the molecule is C[C@H](OCc1cc(-c2ccccc2)no1)C(=O)O. The molecule has 1 heterocycles. The monoisotopic (exact) mass is 247 g/mol. The minimum Gasteiger partial charge on any atom is -0.479 e.